The topological polar surface area (TPSA) is 20.2 Å². The van der Waals surface area contributed by atoms with Gasteiger partial charge in [0.2, 0.25) is 0 Å². The fourth-order valence-electron chi connectivity index (χ4n) is 4.85. The van der Waals surface area contributed by atoms with Crippen LogP contribution < -0.4 is 0 Å². The third-order valence-electron chi connectivity index (χ3n) is 6.41. The average molecular weight is 447 g/mol. The number of hydrogen-bond acceptors (Lipinski definition) is 1. The first kappa shape index (κ1) is 23.7. The third-order valence-corrected chi connectivity index (χ3v) is 6.41. The smallest absolute Gasteiger partial charge is 0.115 e. The first-order valence-corrected chi connectivity index (χ1v) is 12.0. The number of rotatable bonds is 7. The highest BCUT2D eigenvalue weighted by Crippen LogP contribution is 2.43. The van der Waals surface area contributed by atoms with Gasteiger partial charge in [-0.25, -0.2) is 0 Å². The highest BCUT2D eigenvalue weighted by atomic mass is 16.3. The molecule has 0 fully saturated rings. The Balaban J connectivity index is 1.83. The molecule has 0 saturated carbocycles. The van der Waals surface area contributed by atoms with E-state index in [1.54, 1.807) is 0 Å². The molecular weight excluding hydrogens is 412 g/mol. The summed E-state index contributed by atoms with van der Waals surface area (Å²) in [7, 11) is 0. The van der Waals surface area contributed by atoms with Crippen molar-refractivity contribution in [3.63, 3.8) is 0 Å². The Morgan fingerprint density at radius 3 is 1.50 bits per heavy atom. The zero-order valence-electron chi connectivity index (χ0n) is 20.6. The Labute approximate surface area is 204 Å². The van der Waals surface area contributed by atoms with E-state index < -0.39 is 5.60 Å². The summed E-state index contributed by atoms with van der Waals surface area (Å²) in [5, 5.41) is 12.4. The van der Waals surface area contributed by atoms with Gasteiger partial charge in [-0.15, -0.1) is 0 Å². The second-order valence-corrected chi connectivity index (χ2v) is 10.1. The van der Waals surface area contributed by atoms with Gasteiger partial charge in [-0.2, -0.15) is 0 Å². The van der Waals surface area contributed by atoms with Crippen LogP contribution in [0.1, 0.15) is 53.6 Å². The Bertz CT molecular complexity index is 1180. The van der Waals surface area contributed by atoms with Crippen LogP contribution >= 0.6 is 0 Å². The van der Waals surface area contributed by atoms with Crippen LogP contribution in [0.2, 0.25) is 0 Å². The van der Waals surface area contributed by atoms with Crippen LogP contribution in [0.5, 0.6) is 0 Å². The molecule has 0 heterocycles. The van der Waals surface area contributed by atoms with Crippen molar-refractivity contribution in [2.45, 2.75) is 39.7 Å². The van der Waals surface area contributed by atoms with E-state index >= 15 is 0 Å². The van der Waals surface area contributed by atoms with Crippen LogP contribution in [0.25, 0.3) is 5.57 Å². The van der Waals surface area contributed by atoms with Gasteiger partial charge in [-0.3, -0.25) is 0 Å². The molecule has 4 rings (SSSR count). The minimum atomic E-state index is -1.11. The van der Waals surface area contributed by atoms with Crippen molar-refractivity contribution in [1.82, 2.24) is 0 Å². The molecule has 0 aromatic heterocycles. The van der Waals surface area contributed by atoms with E-state index in [4.69, 9.17) is 0 Å². The lowest BCUT2D eigenvalue weighted by Crippen LogP contribution is -2.33. The quantitative estimate of drug-likeness (QED) is 0.304. The van der Waals surface area contributed by atoms with Crippen LogP contribution in [-0.2, 0) is 5.60 Å². The van der Waals surface area contributed by atoms with E-state index in [0.717, 1.165) is 22.3 Å². The highest BCUT2D eigenvalue weighted by Gasteiger charge is 2.37. The lowest BCUT2D eigenvalue weighted by Gasteiger charge is -2.37. The van der Waals surface area contributed by atoms with Crippen LogP contribution in [-0.4, -0.2) is 5.11 Å². The number of allylic oxidation sites excluding steroid dienone is 1. The molecule has 1 nitrogen and oxygen atoms in total. The zero-order chi connectivity index (χ0) is 24.2. The number of aliphatic hydroxyl groups is 1. The molecule has 0 aliphatic carbocycles. The first-order chi connectivity index (χ1) is 16.3. The molecule has 1 heteroatoms. The predicted molar refractivity (Wildman–Crippen MR) is 144 cm³/mol. The summed E-state index contributed by atoms with van der Waals surface area (Å²) in [5.41, 5.74) is 6.27. The molecule has 4 aromatic carbocycles. The van der Waals surface area contributed by atoms with Crippen molar-refractivity contribution in [3.05, 3.63) is 149 Å². The minimum Gasteiger partial charge on any atom is -0.380 e. The van der Waals surface area contributed by atoms with E-state index in [9.17, 15) is 5.11 Å². The molecule has 1 N–H and O–H groups in total. The molecule has 172 valence electrons. The van der Waals surface area contributed by atoms with Gasteiger partial charge in [0.1, 0.15) is 5.60 Å². The van der Waals surface area contributed by atoms with Crippen LogP contribution in [0.3, 0.4) is 0 Å². The summed E-state index contributed by atoms with van der Waals surface area (Å²) in [6.07, 6.45) is 2.88. The predicted octanol–water partition coefficient (Wildman–Crippen LogP) is 8.09. The van der Waals surface area contributed by atoms with E-state index in [1.165, 1.54) is 16.7 Å². The minimum absolute atomic E-state index is 0.302. The second kappa shape index (κ2) is 9.83. The summed E-state index contributed by atoms with van der Waals surface area (Å²) in [5.74, 6) is 0. The Morgan fingerprint density at radius 2 is 1.09 bits per heavy atom. The Morgan fingerprint density at radius 1 is 0.647 bits per heavy atom. The summed E-state index contributed by atoms with van der Waals surface area (Å²) < 4.78 is 0. The maximum Gasteiger partial charge on any atom is 0.115 e. The summed E-state index contributed by atoms with van der Waals surface area (Å²) >= 11 is 0. The maximum absolute atomic E-state index is 12.4. The van der Waals surface area contributed by atoms with E-state index in [0.29, 0.717) is 6.42 Å². The van der Waals surface area contributed by atoms with Gasteiger partial charge in [0.15, 0.2) is 0 Å². The normalized spacial score (nSPS) is 11.8. The molecule has 0 spiro atoms. The van der Waals surface area contributed by atoms with Crippen molar-refractivity contribution in [1.29, 1.82) is 0 Å². The van der Waals surface area contributed by atoms with E-state index in [2.05, 4.69) is 107 Å². The standard InChI is InChI=1S/C33H34O/c1-25-13-11-19-29(21-25)33(34,30-20-12-14-26(2)22-30)24-32(3,4)23-31(27-15-7-5-8-16-27)28-17-9-6-10-18-28/h5-23,34H,24H2,1-4H3. The van der Waals surface area contributed by atoms with Gasteiger partial charge >= 0.3 is 0 Å². The largest absolute Gasteiger partial charge is 0.380 e. The maximum atomic E-state index is 12.4. The zero-order valence-corrected chi connectivity index (χ0v) is 20.6. The molecule has 0 unspecified atom stereocenters. The van der Waals surface area contributed by atoms with Gasteiger partial charge in [0, 0.05) is 0 Å². The molecular formula is C33H34O. The van der Waals surface area contributed by atoms with Gasteiger partial charge in [0.05, 0.1) is 0 Å². The first-order valence-electron chi connectivity index (χ1n) is 12.0. The van der Waals surface area contributed by atoms with Gasteiger partial charge in [-0.05, 0) is 53.5 Å². The second-order valence-electron chi connectivity index (χ2n) is 10.1. The molecule has 0 aliphatic rings. The molecule has 0 atom stereocenters. The summed E-state index contributed by atoms with van der Waals surface area (Å²) in [4.78, 5) is 0. The van der Waals surface area contributed by atoms with Crippen molar-refractivity contribution >= 4 is 5.57 Å². The molecule has 4 aromatic rings. The SMILES string of the molecule is Cc1cccc(C(O)(CC(C)(C)C=C(c2ccccc2)c2ccccc2)c2cccc(C)c2)c1. The molecule has 0 bridgehead atoms. The number of hydrogen-bond donors (Lipinski definition) is 1. The Kier molecular flexibility index (Phi) is 6.86. The summed E-state index contributed by atoms with van der Waals surface area (Å²) in [6, 6.07) is 37.6. The van der Waals surface area contributed by atoms with E-state index in [-0.39, 0.29) is 5.41 Å². The van der Waals surface area contributed by atoms with Gasteiger partial charge < -0.3 is 5.11 Å². The molecule has 0 amide bonds. The van der Waals surface area contributed by atoms with Crippen molar-refractivity contribution in [2.24, 2.45) is 5.41 Å². The lowest BCUT2D eigenvalue weighted by molar-refractivity contribution is 0.0431. The number of aryl methyl sites for hydroxylation is 2. The van der Waals surface area contributed by atoms with Gasteiger partial charge in [-0.1, -0.05) is 140 Å². The monoisotopic (exact) mass is 446 g/mol. The fraction of sp³-hybridized carbons (Fsp3) is 0.212. The Hall–Kier alpha value is -3.42. The van der Waals surface area contributed by atoms with Crippen molar-refractivity contribution < 1.29 is 5.11 Å². The third kappa shape index (κ3) is 5.38. The highest BCUT2D eigenvalue weighted by molar-refractivity contribution is 5.80. The molecule has 34 heavy (non-hydrogen) atoms. The average Bonchev–Trinajstić information content (AvgIpc) is 2.83. The van der Waals surface area contributed by atoms with Crippen molar-refractivity contribution in [3.8, 4) is 0 Å². The van der Waals surface area contributed by atoms with Crippen LogP contribution in [0, 0.1) is 19.3 Å². The van der Waals surface area contributed by atoms with Crippen LogP contribution in [0.15, 0.2) is 115 Å². The lowest BCUT2D eigenvalue weighted by atomic mass is 9.72. The van der Waals surface area contributed by atoms with E-state index in [1.807, 2.05) is 36.4 Å². The molecule has 0 saturated heterocycles. The fourth-order valence-corrected chi connectivity index (χ4v) is 4.85. The molecule has 0 aliphatic heterocycles. The van der Waals surface area contributed by atoms with Crippen LogP contribution in [0.4, 0.5) is 0 Å². The number of benzene rings is 4. The summed E-state index contributed by atoms with van der Waals surface area (Å²) in [6.45, 7) is 8.59. The molecule has 0 radical (unpaired) electrons. The van der Waals surface area contributed by atoms with Crippen molar-refractivity contribution in [2.75, 3.05) is 0 Å². The van der Waals surface area contributed by atoms with Gasteiger partial charge in [0.25, 0.3) is 0 Å².